The Bertz CT molecular complexity index is 549. The maximum Gasteiger partial charge on any atom is 0.516 e. The molecule has 0 fully saturated rings. The molecule has 1 atom stereocenters. The molecule has 8 heteroatoms. The predicted molar refractivity (Wildman–Crippen MR) is 86.9 cm³/mol. The van der Waals surface area contributed by atoms with Gasteiger partial charge in [0, 0.05) is 5.02 Å². The molecule has 0 aromatic heterocycles. The van der Waals surface area contributed by atoms with Crippen molar-refractivity contribution in [2.75, 3.05) is 19.7 Å². The molecule has 0 radical (unpaired) electrons. The summed E-state index contributed by atoms with van der Waals surface area (Å²) in [5, 5.41) is 0.689. The fourth-order valence-corrected chi connectivity index (χ4v) is 2.25. The SMILES string of the molecule is CCOC(=O)OC(=O)C(Oc1ccc(Cl)cc1Cl)N(CC)CC. The first-order valence-electron chi connectivity index (χ1n) is 7.17. The van der Waals surface area contributed by atoms with Crippen LogP contribution in [-0.4, -0.2) is 42.9 Å². The second-order valence-electron chi connectivity index (χ2n) is 4.37. The molecular formula is C15H19Cl2NO5. The van der Waals surface area contributed by atoms with E-state index in [1.165, 1.54) is 6.07 Å². The average Bonchev–Trinajstić information content (AvgIpc) is 2.49. The van der Waals surface area contributed by atoms with Gasteiger partial charge < -0.3 is 14.2 Å². The number of hydrogen-bond donors (Lipinski definition) is 0. The van der Waals surface area contributed by atoms with Gasteiger partial charge >= 0.3 is 12.1 Å². The average molecular weight is 364 g/mol. The fraction of sp³-hybridized carbons (Fsp3) is 0.467. The molecule has 128 valence electrons. The van der Waals surface area contributed by atoms with Crippen molar-refractivity contribution in [1.82, 2.24) is 4.90 Å². The molecule has 1 aromatic carbocycles. The Morgan fingerprint density at radius 1 is 1.17 bits per heavy atom. The van der Waals surface area contributed by atoms with Gasteiger partial charge in [0.2, 0.25) is 0 Å². The van der Waals surface area contributed by atoms with Gasteiger partial charge in [0.15, 0.2) is 0 Å². The van der Waals surface area contributed by atoms with E-state index in [4.69, 9.17) is 27.9 Å². The van der Waals surface area contributed by atoms with E-state index in [0.29, 0.717) is 18.1 Å². The maximum absolute atomic E-state index is 12.2. The smallest absolute Gasteiger partial charge is 0.462 e. The molecule has 0 aliphatic carbocycles. The summed E-state index contributed by atoms with van der Waals surface area (Å²) in [6.45, 7) is 6.42. The highest BCUT2D eigenvalue weighted by Gasteiger charge is 2.30. The topological polar surface area (TPSA) is 65.1 Å². The van der Waals surface area contributed by atoms with Crippen molar-refractivity contribution >= 4 is 35.3 Å². The first-order valence-corrected chi connectivity index (χ1v) is 7.92. The zero-order valence-corrected chi connectivity index (χ0v) is 14.7. The van der Waals surface area contributed by atoms with Crippen LogP contribution in [0.25, 0.3) is 0 Å². The third-order valence-corrected chi connectivity index (χ3v) is 3.45. The summed E-state index contributed by atoms with van der Waals surface area (Å²) in [7, 11) is 0. The maximum atomic E-state index is 12.2. The van der Waals surface area contributed by atoms with Crippen LogP contribution in [0.3, 0.4) is 0 Å². The summed E-state index contributed by atoms with van der Waals surface area (Å²) in [6, 6.07) is 4.62. The van der Waals surface area contributed by atoms with Gasteiger partial charge in [0.1, 0.15) is 5.75 Å². The van der Waals surface area contributed by atoms with Gasteiger partial charge in [-0.05, 0) is 38.2 Å². The highest BCUT2D eigenvalue weighted by molar-refractivity contribution is 6.35. The van der Waals surface area contributed by atoms with E-state index in [1.807, 2.05) is 13.8 Å². The molecule has 0 amide bonds. The van der Waals surface area contributed by atoms with Crippen LogP contribution in [0.5, 0.6) is 5.75 Å². The fourth-order valence-electron chi connectivity index (χ4n) is 1.80. The number of hydrogen-bond acceptors (Lipinski definition) is 6. The lowest BCUT2D eigenvalue weighted by molar-refractivity contribution is -0.157. The van der Waals surface area contributed by atoms with E-state index >= 15 is 0 Å². The van der Waals surface area contributed by atoms with Gasteiger partial charge in [-0.25, -0.2) is 9.59 Å². The minimum absolute atomic E-state index is 0.103. The number of ether oxygens (including phenoxy) is 3. The van der Waals surface area contributed by atoms with Crippen LogP contribution in [0.1, 0.15) is 20.8 Å². The van der Waals surface area contributed by atoms with E-state index in [2.05, 4.69) is 9.47 Å². The second-order valence-corrected chi connectivity index (χ2v) is 5.21. The summed E-state index contributed by atoms with van der Waals surface area (Å²) in [5.41, 5.74) is 0. The van der Waals surface area contributed by atoms with Crippen LogP contribution in [-0.2, 0) is 14.3 Å². The number of benzene rings is 1. The zero-order chi connectivity index (χ0) is 17.4. The largest absolute Gasteiger partial charge is 0.516 e. The molecule has 0 saturated carbocycles. The van der Waals surface area contributed by atoms with Crippen molar-refractivity contribution in [2.24, 2.45) is 0 Å². The summed E-state index contributed by atoms with van der Waals surface area (Å²) < 4.78 is 14.9. The molecular weight excluding hydrogens is 345 g/mol. The van der Waals surface area contributed by atoms with Crippen LogP contribution in [0.15, 0.2) is 18.2 Å². The highest BCUT2D eigenvalue weighted by atomic mass is 35.5. The Balaban J connectivity index is 2.96. The lowest BCUT2D eigenvalue weighted by atomic mass is 10.3. The number of likely N-dealkylation sites (N-methyl/N-ethyl adjacent to an activating group) is 1. The van der Waals surface area contributed by atoms with Gasteiger partial charge in [0.25, 0.3) is 6.23 Å². The normalized spacial score (nSPS) is 11.9. The van der Waals surface area contributed by atoms with E-state index in [0.717, 1.165) is 0 Å². The minimum atomic E-state index is -1.13. The van der Waals surface area contributed by atoms with Crippen molar-refractivity contribution in [3.05, 3.63) is 28.2 Å². The minimum Gasteiger partial charge on any atom is -0.462 e. The summed E-state index contributed by atoms with van der Waals surface area (Å²) in [4.78, 5) is 25.2. The van der Waals surface area contributed by atoms with Crippen LogP contribution >= 0.6 is 23.2 Å². The Morgan fingerprint density at radius 3 is 2.35 bits per heavy atom. The molecule has 1 unspecified atom stereocenters. The molecule has 0 aliphatic rings. The number of halogens is 2. The molecule has 1 aromatic rings. The first kappa shape index (κ1) is 19.5. The first-order chi connectivity index (χ1) is 10.9. The van der Waals surface area contributed by atoms with E-state index in [-0.39, 0.29) is 17.4 Å². The van der Waals surface area contributed by atoms with Crippen LogP contribution < -0.4 is 4.74 Å². The van der Waals surface area contributed by atoms with Crippen LogP contribution in [0, 0.1) is 0 Å². The van der Waals surface area contributed by atoms with Gasteiger partial charge in [0.05, 0.1) is 11.6 Å². The third-order valence-electron chi connectivity index (χ3n) is 2.92. The molecule has 6 nitrogen and oxygen atoms in total. The second kappa shape index (κ2) is 9.60. The van der Waals surface area contributed by atoms with Gasteiger partial charge in [-0.1, -0.05) is 37.0 Å². The number of esters is 1. The molecule has 0 bridgehead atoms. The molecule has 0 N–H and O–H groups in total. The molecule has 1 rings (SSSR count). The van der Waals surface area contributed by atoms with Crippen molar-refractivity contribution < 1.29 is 23.8 Å². The number of nitrogens with zero attached hydrogens (tertiary/aromatic N) is 1. The lowest BCUT2D eigenvalue weighted by Gasteiger charge is -2.27. The number of rotatable bonds is 7. The molecule has 23 heavy (non-hydrogen) atoms. The van der Waals surface area contributed by atoms with E-state index in [1.54, 1.807) is 24.0 Å². The Morgan fingerprint density at radius 2 is 1.83 bits per heavy atom. The molecule has 0 saturated heterocycles. The lowest BCUT2D eigenvalue weighted by Crippen LogP contribution is -2.46. The van der Waals surface area contributed by atoms with Crippen molar-refractivity contribution in [1.29, 1.82) is 0 Å². The van der Waals surface area contributed by atoms with E-state index < -0.39 is 18.4 Å². The predicted octanol–water partition coefficient (Wildman–Crippen LogP) is 3.74. The Kier molecular flexibility index (Phi) is 8.16. The van der Waals surface area contributed by atoms with E-state index in [9.17, 15) is 9.59 Å². The zero-order valence-electron chi connectivity index (χ0n) is 13.2. The summed E-state index contributed by atoms with van der Waals surface area (Å²) in [5.74, 6) is -0.619. The quantitative estimate of drug-likeness (QED) is 0.417. The van der Waals surface area contributed by atoms with Crippen molar-refractivity contribution in [3.63, 3.8) is 0 Å². The van der Waals surface area contributed by atoms with Gasteiger partial charge in [-0.2, -0.15) is 0 Å². The molecule has 0 aliphatic heterocycles. The molecule has 0 heterocycles. The van der Waals surface area contributed by atoms with Crippen molar-refractivity contribution in [3.8, 4) is 5.75 Å². The van der Waals surface area contributed by atoms with Crippen molar-refractivity contribution in [2.45, 2.75) is 27.0 Å². The summed E-state index contributed by atoms with van der Waals surface area (Å²) >= 11 is 11.9. The number of carbonyl (C=O) groups is 2. The monoisotopic (exact) mass is 363 g/mol. The molecule has 0 spiro atoms. The van der Waals surface area contributed by atoms with Crippen LogP contribution in [0.4, 0.5) is 4.79 Å². The highest BCUT2D eigenvalue weighted by Crippen LogP contribution is 2.29. The Hall–Kier alpha value is -1.50. The van der Waals surface area contributed by atoms with Gasteiger partial charge in [-0.3, -0.25) is 4.90 Å². The Labute approximate surface area is 145 Å². The van der Waals surface area contributed by atoms with Gasteiger partial charge in [-0.15, -0.1) is 0 Å². The third kappa shape index (κ3) is 5.89. The summed E-state index contributed by atoms with van der Waals surface area (Å²) in [6.07, 6.45) is -2.20. The number of carbonyl (C=O) groups excluding carboxylic acids is 2. The standard InChI is InChI=1S/C15H19Cl2NO5/c1-4-18(5-2)13(14(19)23-15(20)21-6-3)22-12-8-7-10(16)9-11(12)17/h7-9,13H,4-6H2,1-3H3. The van der Waals surface area contributed by atoms with Crippen LogP contribution in [0.2, 0.25) is 10.0 Å².